The molecule has 0 saturated carbocycles. The largest absolute Gasteiger partial charge is 0.502 e. The highest BCUT2D eigenvalue weighted by molar-refractivity contribution is 6.13. The summed E-state index contributed by atoms with van der Waals surface area (Å²) in [6.45, 7) is 0. The van der Waals surface area contributed by atoms with Crippen LogP contribution in [-0.2, 0) is 9.53 Å². The average Bonchev–Trinajstić information content (AvgIpc) is 2.93. The summed E-state index contributed by atoms with van der Waals surface area (Å²) in [5.74, 6) is -1.43. The Morgan fingerprint density at radius 3 is 2.45 bits per heavy atom. The van der Waals surface area contributed by atoms with E-state index in [4.69, 9.17) is 4.74 Å². The Hall–Kier alpha value is -2.82. The zero-order chi connectivity index (χ0) is 14.5. The van der Waals surface area contributed by atoms with Gasteiger partial charge in [0.2, 0.25) is 5.78 Å². The van der Waals surface area contributed by atoms with Crippen LogP contribution in [0.15, 0.2) is 54.9 Å². The summed E-state index contributed by atoms with van der Waals surface area (Å²) in [5.41, 5.74) is 0.633. The number of rotatable bonds is 5. The van der Waals surface area contributed by atoms with Crippen LogP contribution in [0.1, 0.15) is 16.1 Å². The van der Waals surface area contributed by atoms with E-state index >= 15 is 0 Å². The van der Waals surface area contributed by atoms with Crippen LogP contribution in [0.25, 0.3) is 5.70 Å². The lowest BCUT2D eigenvalue weighted by molar-refractivity contribution is -0.130. The summed E-state index contributed by atoms with van der Waals surface area (Å²) >= 11 is 0. The average molecular weight is 271 g/mol. The number of carbonyl (C=O) groups excluding carboxylic acids is 1. The smallest absolute Gasteiger partial charge is 0.356 e. The van der Waals surface area contributed by atoms with Crippen LogP contribution < -0.4 is 0 Å². The minimum Gasteiger partial charge on any atom is -0.502 e. The van der Waals surface area contributed by atoms with Crippen molar-refractivity contribution in [2.75, 3.05) is 7.11 Å². The molecule has 0 bridgehead atoms. The van der Waals surface area contributed by atoms with E-state index < -0.39 is 5.97 Å². The highest BCUT2D eigenvalue weighted by Crippen LogP contribution is 2.16. The highest BCUT2D eigenvalue weighted by atomic mass is 16.5. The number of nitrogens with zero attached hydrogens (tertiary/aromatic N) is 1. The normalized spacial score (nSPS) is 11.2. The van der Waals surface area contributed by atoms with Crippen molar-refractivity contribution in [2.45, 2.75) is 0 Å². The van der Waals surface area contributed by atoms with Gasteiger partial charge in [-0.3, -0.25) is 4.79 Å². The van der Waals surface area contributed by atoms with Crippen molar-refractivity contribution in [1.82, 2.24) is 4.57 Å². The molecule has 1 aromatic heterocycles. The minimum atomic E-state index is -1.18. The van der Waals surface area contributed by atoms with E-state index in [9.17, 15) is 14.7 Å². The molecule has 0 saturated heterocycles. The van der Waals surface area contributed by atoms with E-state index in [0.717, 1.165) is 6.26 Å². The lowest BCUT2D eigenvalue weighted by Crippen LogP contribution is -2.14. The van der Waals surface area contributed by atoms with Gasteiger partial charge in [-0.05, 0) is 12.1 Å². The SMILES string of the molecule is COC=C(C(=O)O)n1cccc1C(=O)c1ccccc1. The van der Waals surface area contributed by atoms with Gasteiger partial charge in [0.25, 0.3) is 0 Å². The summed E-state index contributed by atoms with van der Waals surface area (Å²) in [4.78, 5) is 23.6. The third-order valence-corrected chi connectivity index (χ3v) is 2.73. The molecule has 0 unspecified atom stereocenters. The molecule has 5 heteroatoms. The minimum absolute atomic E-state index is 0.128. The number of hydrogen-bond acceptors (Lipinski definition) is 3. The van der Waals surface area contributed by atoms with Crippen LogP contribution in [0.2, 0.25) is 0 Å². The summed E-state index contributed by atoms with van der Waals surface area (Å²) in [6, 6.07) is 11.9. The number of hydrogen-bond donors (Lipinski definition) is 1. The molecule has 0 fully saturated rings. The van der Waals surface area contributed by atoms with E-state index in [0.29, 0.717) is 5.56 Å². The number of ether oxygens (including phenoxy) is 1. The molecular weight excluding hydrogens is 258 g/mol. The third-order valence-electron chi connectivity index (χ3n) is 2.73. The second-order valence-corrected chi connectivity index (χ2v) is 4.00. The highest BCUT2D eigenvalue weighted by Gasteiger charge is 2.19. The van der Waals surface area contributed by atoms with Gasteiger partial charge in [-0.1, -0.05) is 30.3 Å². The van der Waals surface area contributed by atoms with Crippen molar-refractivity contribution in [2.24, 2.45) is 0 Å². The molecule has 2 aromatic rings. The number of carboxylic acids is 1. The first-order chi connectivity index (χ1) is 9.65. The Kier molecular flexibility index (Phi) is 4.00. The van der Waals surface area contributed by atoms with Crippen LogP contribution in [0.3, 0.4) is 0 Å². The Bertz CT molecular complexity index is 656. The molecule has 0 atom stereocenters. The van der Waals surface area contributed by atoms with Crippen molar-refractivity contribution in [3.05, 3.63) is 66.2 Å². The van der Waals surface area contributed by atoms with Crippen molar-refractivity contribution in [3.63, 3.8) is 0 Å². The number of aromatic nitrogens is 1. The van der Waals surface area contributed by atoms with Crippen molar-refractivity contribution in [1.29, 1.82) is 0 Å². The fourth-order valence-electron chi connectivity index (χ4n) is 1.84. The molecule has 1 aromatic carbocycles. The first kappa shape index (κ1) is 13.6. The van der Waals surface area contributed by atoms with Crippen LogP contribution in [0.5, 0.6) is 0 Å². The van der Waals surface area contributed by atoms with Gasteiger partial charge in [0.15, 0.2) is 5.70 Å². The molecule has 20 heavy (non-hydrogen) atoms. The predicted molar refractivity (Wildman–Crippen MR) is 73.2 cm³/mol. The molecule has 102 valence electrons. The van der Waals surface area contributed by atoms with E-state index in [1.54, 1.807) is 36.4 Å². The zero-order valence-electron chi connectivity index (χ0n) is 10.8. The van der Waals surface area contributed by atoms with E-state index in [1.807, 2.05) is 6.07 Å². The van der Waals surface area contributed by atoms with E-state index in [-0.39, 0.29) is 17.2 Å². The molecular formula is C15H13NO4. The van der Waals surface area contributed by atoms with Gasteiger partial charge in [-0.25, -0.2) is 4.79 Å². The van der Waals surface area contributed by atoms with Crippen LogP contribution in [0, 0.1) is 0 Å². The quantitative estimate of drug-likeness (QED) is 0.514. The maximum Gasteiger partial charge on any atom is 0.356 e. The van der Waals surface area contributed by atoms with Crippen LogP contribution in [0.4, 0.5) is 0 Å². The number of ketones is 1. The molecule has 0 radical (unpaired) electrons. The molecule has 1 heterocycles. The van der Waals surface area contributed by atoms with Gasteiger partial charge in [-0.2, -0.15) is 0 Å². The van der Waals surface area contributed by atoms with Crippen LogP contribution in [-0.4, -0.2) is 28.5 Å². The second-order valence-electron chi connectivity index (χ2n) is 4.00. The van der Waals surface area contributed by atoms with E-state index in [2.05, 4.69) is 0 Å². The second kappa shape index (κ2) is 5.88. The maximum atomic E-state index is 12.4. The van der Waals surface area contributed by atoms with Gasteiger partial charge < -0.3 is 14.4 Å². The van der Waals surface area contributed by atoms with Gasteiger partial charge in [0, 0.05) is 11.8 Å². The fourth-order valence-corrected chi connectivity index (χ4v) is 1.84. The van der Waals surface area contributed by atoms with Crippen molar-refractivity contribution < 1.29 is 19.4 Å². The first-order valence-electron chi connectivity index (χ1n) is 5.89. The Morgan fingerprint density at radius 1 is 1.15 bits per heavy atom. The van der Waals surface area contributed by atoms with Crippen LogP contribution >= 0.6 is 0 Å². The summed E-state index contributed by atoms with van der Waals surface area (Å²) in [5, 5.41) is 9.17. The van der Waals surface area contributed by atoms with Gasteiger partial charge in [0.1, 0.15) is 6.26 Å². The lowest BCUT2D eigenvalue weighted by Gasteiger charge is -2.09. The van der Waals surface area contributed by atoms with Gasteiger partial charge in [-0.15, -0.1) is 0 Å². The Balaban J connectivity index is 2.46. The van der Waals surface area contributed by atoms with Crippen molar-refractivity contribution >= 4 is 17.4 Å². The number of carboxylic acid groups (broad SMARTS) is 1. The number of aliphatic carboxylic acids is 1. The summed E-state index contributed by atoms with van der Waals surface area (Å²) in [6.07, 6.45) is 2.60. The molecule has 0 spiro atoms. The maximum absolute atomic E-state index is 12.4. The van der Waals surface area contributed by atoms with Crippen molar-refractivity contribution in [3.8, 4) is 0 Å². The van der Waals surface area contributed by atoms with Gasteiger partial charge in [0.05, 0.1) is 12.8 Å². The Labute approximate surface area is 115 Å². The molecule has 0 aliphatic rings. The molecule has 1 N–H and O–H groups in total. The zero-order valence-corrected chi connectivity index (χ0v) is 10.8. The fraction of sp³-hybridized carbons (Fsp3) is 0.0667. The molecule has 0 amide bonds. The lowest BCUT2D eigenvalue weighted by atomic mass is 10.1. The molecule has 0 aliphatic carbocycles. The third kappa shape index (κ3) is 2.61. The number of benzene rings is 1. The number of carbonyl (C=O) groups is 2. The number of methoxy groups -OCH3 is 1. The Morgan fingerprint density at radius 2 is 1.85 bits per heavy atom. The summed E-state index contributed by atoms with van der Waals surface area (Å²) < 4.78 is 6.05. The van der Waals surface area contributed by atoms with E-state index in [1.165, 1.54) is 17.9 Å². The molecule has 2 rings (SSSR count). The molecule has 5 nitrogen and oxygen atoms in total. The first-order valence-corrected chi connectivity index (χ1v) is 5.89. The summed E-state index contributed by atoms with van der Waals surface area (Å²) in [7, 11) is 1.35. The topological polar surface area (TPSA) is 68.5 Å². The predicted octanol–water partition coefficient (Wildman–Crippen LogP) is 2.25. The molecule has 0 aliphatic heterocycles. The van der Waals surface area contributed by atoms with Gasteiger partial charge >= 0.3 is 5.97 Å². The standard InChI is InChI=1S/C15H13NO4/c1-20-10-13(15(18)19)16-9-5-8-12(16)14(17)11-6-3-2-4-7-11/h2-10H,1H3,(H,18,19). The monoisotopic (exact) mass is 271 g/mol.